The van der Waals surface area contributed by atoms with Gasteiger partial charge in [0, 0.05) is 24.6 Å². The number of rotatable bonds is 4. The minimum atomic E-state index is -3.80. The molecule has 0 aromatic rings. The van der Waals surface area contributed by atoms with Crippen LogP contribution in [0.2, 0.25) is 0 Å². The zero-order valence-corrected chi connectivity index (χ0v) is 15.2. The van der Waals surface area contributed by atoms with Crippen LogP contribution in [0.15, 0.2) is 11.8 Å². The summed E-state index contributed by atoms with van der Waals surface area (Å²) in [6, 6.07) is 0. The number of sulfonamides is 1. The van der Waals surface area contributed by atoms with E-state index in [0.717, 1.165) is 18.9 Å². The number of aliphatic hydroxyl groups is 1. The molecule has 1 aliphatic rings. The van der Waals surface area contributed by atoms with Crippen molar-refractivity contribution in [1.29, 1.82) is 5.41 Å². The van der Waals surface area contributed by atoms with Crippen molar-refractivity contribution in [2.75, 3.05) is 13.1 Å². The molecule has 8 heteroatoms. The van der Waals surface area contributed by atoms with Gasteiger partial charge in [-0.1, -0.05) is 20.8 Å². The number of hydrogen-bond donors (Lipinski definition) is 3. The largest absolute Gasteiger partial charge is 0.512 e. The summed E-state index contributed by atoms with van der Waals surface area (Å²) < 4.78 is 24.8. The van der Waals surface area contributed by atoms with E-state index in [4.69, 9.17) is 5.41 Å². The lowest BCUT2D eigenvalue weighted by molar-refractivity contribution is -0.121. The van der Waals surface area contributed by atoms with Crippen molar-refractivity contribution in [3.05, 3.63) is 11.8 Å². The van der Waals surface area contributed by atoms with Crippen LogP contribution in [0.3, 0.4) is 0 Å². The van der Waals surface area contributed by atoms with Crippen LogP contribution in [-0.4, -0.2) is 47.4 Å². The Morgan fingerprint density at radius 3 is 2.09 bits per heavy atom. The molecule has 0 aromatic heterocycles. The number of amidine groups is 1. The van der Waals surface area contributed by atoms with Gasteiger partial charge in [0.2, 0.25) is 15.9 Å². The van der Waals surface area contributed by atoms with E-state index in [2.05, 4.69) is 5.32 Å². The third kappa shape index (κ3) is 4.32. The molecule has 1 saturated heterocycles. The number of hydrogen-bond acceptors (Lipinski definition) is 5. The van der Waals surface area contributed by atoms with Crippen molar-refractivity contribution in [3.8, 4) is 0 Å². The summed E-state index contributed by atoms with van der Waals surface area (Å²) in [5, 5.41) is 19.8. The molecule has 1 fully saturated rings. The molecule has 7 nitrogen and oxygen atoms in total. The highest BCUT2D eigenvalue weighted by Crippen LogP contribution is 2.25. The molecule has 0 bridgehead atoms. The average Bonchev–Trinajstić information content (AvgIpc) is 2.91. The van der Waals surface area contributed by atoms with Crippen molar-refractivity contribution >= 4 is 21.8 Å². The van der Waals surface area contributed by atoms with Gasteiger partial charge in [-0.3, -0.25) is 10.2 Å². The summed E-state index contributed by atoms with van der Waals surface area (Å²) in [6.07, 6.45) is 2.69. The van der Waals surface area contributed by atoms with Crippen molar-refractivity contribution in [3.63, 3.8) is 0 Å². The summed E-state index contributed by atoms with van der Waals surface area (Å²) in [7, 11) is -3.80. The van der Waals surface area contributed by atoms with Crippen LogP contribution in [-0.2, 0) is 14.8 Å². The maximum absolute atomic E-state index is 12.6. The monoisotopic (exact) mass is 345 g/mol. The maximum atomic E-state index is 12.6. The lowest BCUT2D eigenvalue weighted by Gasteiger charge is -2.28. The van der Waals surface area contributed by atoms with E-state index >= 15 is 0 Å². The second kappa shape index (κ2) is 6.60. The van der Waals surface area contributed by atoms with Gasteiger partial charge < -0.3 is 10.4 Å². The first-order valence-electron chi connectivity index (χ1n) is 7.61. The van der Waals surface area contributed by atoms with Crippen molar-refractivity contribution in [1.82, 2.24) is 9.62 Å². The predicted octanol–water partition coefficient (Wildman–Crippen LogP) is 1.77. The zero-order chi connectivity index (χ0) is 18.1. The van der Waals surface area contributed by atoms with Crippen molar-refractivity contribution in [2.24, 2.45) is 5.41 Å². The van der Waals surface area contributed by atoms with Crippen LogP contribution < -0.4 is 5.32 Å². The normalized spacial score (nSPS) is 18.0. The Morgan fingerprint density at radius 1 is 1.17 bits per heavy atom. The molecule has 1 heterocycles. The van der Waals surface area contributed by atoms with Gasteiger partial charge in [-0.2, -0.15) is 0 Å². The highest BCUT2D eigenvalue weighted by atomic mass is 32.2. The average molecular weight is 345 g/mol. The second-order valence-electron chi connectivity index (χ2n) is 7.27. The highest BCUT2D eigenvalue weighted by molar-refractivity contribution is 7.91. The smallest absolute Gasteiger partial charge is 0.247 e. The lowest BCUT2D eigenvalue weighted by atomic mass is 9.93. The molecule has 0 aromatic carbocycles. The van der Waals surface area contributed by atoms with Crippen LogP contribution in [0.25, 0.3) is 0 Å². The van der Waals surface area contributed by atoms with E-state index in [1.165, 1.54) is 18.2 Å². The van der Waals surface area contributed by atoms with Crippen molar-refractivity contribution in [2.45, 2.75) is 52.2 Å². The maximum Gasteiger partial charge on any atom is 0.247 e. The SMILES string of the molecule is CC(C)(C)/C(O)=C/C(=N)NC(=O)C(C)(C)S(=O)(=O)N1CCCC1. The first-order chi connectivity index (χ1) is 10.3. The molecule has 1 aliphatic heterocycles. The van der Waals surface area contributed by atoms with Crippen molar-refractivity contribution < 1.29 is 18.3 Å². The Hall–Kier alpha value is -1.41. The fraction of sp³-hybridized carbons (Fsp3) is 0.733. The number of carbonyl (C=O) groups is 1. The van der Waals surface area contributed by atoms with Gasteiger partial charge in [0.05, 0.1) is 0 Å². The van der Waals surface area contributed by atoms with Gasteiger partial charge >= 0.3 is 0 Å². The summed E-state index contributed by atoms with van der Waals surface area (Å²) in [4.78, 5) is 12.3. The van der Waals surface area contributed by atoms with E-state index < -0.39 is 26.1 Å². The zero-order valence-electron chi connectivity index (χ0n) is 14.4. The summed E-state index contributed by atoms with van der Waals surface area (Å²) in [5.41, 5.74) is -0.561. The van der Waals surface area contributed by atoms with Crippen LogP contribution in [0.4, 0.5) is 0 Å². The highest BCUT2D eigenvalue weighted by Gasteiger charge is 2.46. The molecule has 132 valence electrons. The molecule has 0 radical (unpaired) electrons. The second-order valence-corrected chi connectivity index (χ2v) is 9.76. The molecule has 1 rings (SSSR count). The van der Waals surface area contributed by atoms with E-state index in [0.29, 0.717) is 13.1 Å². The first kappa shape index (κ1) is 19.6. The molecule has 0 spiro atoms. The topological polar surface area (TPSA) is 111 Å². The van der Waals surface area contributed by atoms with E-state index in [9.17, 15) is 18.3 Å². The lowest BCUT2D eigenvalue weighted by Crippen LogP contribution is -2.54. The molecular formula is C15H27N3O4S. The first-order valence-corrected chi connectivity index (χ1v) is 9.05. The van der Waals surface area contributed by atoms with E-state index in [1.807, 2.05) is 0 Å². The van der Waals surface area contributed by atoms with Crippen LogP contribution in [0.5, 0.6) is 0 Å². The number of nitrogens with one attached hydrogen (secondary N) is 2. The Kier molecular flexibility index (Phi) is 5.64. The summed E-state index contributed by atoms with van der Waals surface area (Å²) in [6.45, 7) is 8.77. The number of allylic oxidation sites excluding steroid dienone is 1. The molecule has 0 unspecified atom stereocenters. The standard InChI is InChI=1S/C15H27N3O4S/c1-14(2,3)11(19)10-12(16)17-13(20)15(4,5)23(21,22)18-8-6-7-9-18/h10,19H,6-9H2,1-5H3,(H2,16,17,20)/b11-10-. The molecule has 1 amide bonds. The Labute approximate surface area is 138 Å². The number of carbonyl (C=O) groups excluding carboxylic acids is 1. The number of nitrogens with zero attached hydrogens (tertiary/aromatic N) is 1. The fourth-order valence-electron chi connectivity index (χ4n) is 2.03. The number of amides is 1. The molecule has 0 aliphatic carbocycles. The Bertz CT molecular complexity index is 609. The van der Waals surface area contributed by atoms with Gasteiger partial charge in [-0.15, -0.1) is 0 Å². The van der Waals surface area contributed by atoms with Crippen LogP contribution in [0.1, 0.15) is 47.5 Å². The fourth-order valence-corrected chi connectivity index (χ4v) is 3.70. The van der Waals surface area contributed by atoms with Gasteiger partial charge in [0.25, 0.3) is 0 Å². The van der Waals surface area contributed by atoms with Gasteiger partial charge in [-0.05, 0) is 26.7 Å². The minimum Gasteiger partial charge on any atom is -0.512 e. The Morgan fingerprint density at radius 2 is 1.65 bits per heavy atom. The third-order valence-electron chi connectivity index (χ3n) is 3.89. The molecular weight excluding hydrogens is 318 g/mol. The van der Waals surface area contributed by atoms with E-state index in [1.54, 1.807) is 20.8 Å². The summed E-state index contributed by atoms with van der Waals surface area (Å²) in [5.74, 6) is -1.19. The third-order valence-corrected chi connectivity index (χ3v) is 6.41. The predicted molar refractivity (Wildman–Crippen MR) is 89.8 cm³/mol. The summed E-state index contributed by atoms with van der Waals surface area (Å²) >= 11 is 0. The van der Waals surface area contributed by atoms with Crippen LogP contribution in [0, 0.1) is 10.8 Å². The Balaban J connectivity index is 2.89. The van der Waals surface area contributed by atoms with Crippen LogP contribution >= 0.6 is 0 Å². The molecule has 3 N–H and O–H groups in total. The van der Waals surface area contributed by atoms with Gasteiger partial charge in [0.1, 0.15) is 11.6 Å². The molecule has 0 saturated carbocycles. The van der Waals surface area contributed by atoms with Gasteiger partial charge in [-0.25, -0.2) is 12.7 Å². The molecule has 23 heavy (non-hydrogen) atoms. The minimum absolute atomic E-state index is 0.0667. The van der Waals surface area contributed by atoms with Gasteiger partial charge in [0.15, 0.2) is 4.75 Å². The van der Waals surface area contributed by atoms with E-state index in [-0.39, 0.29) is 11.6 Å². The molecule has 0 atom stereocenters. The number of aliphatic hydroxyl groups excluding tert-OH is 1. The quantitative estimate of drug-likeness (QED) is 0.410.